The maximum atomic E-state index is 10.9. The van der Waals surface area contributed by atoms with E-state index in [1.165, 1.54) is 12.8 Å². The Hall–Kier alpha value is -1.22. The van der Waals surface area contributed by atoms with E-state index >= 15 is 0 Å². The highest BCUT2D eigenvalue weighted by Crippen LogP contribution is 2.40. The molecular formula is C16H22O3. The van der Waals surface area contributed by atoms with E-state index in [4.69, 9.17) is 9.47 Å². The van der Waals surface area contributed by atoms with Gasteiger partial charge < -0.3 is 14.6 Å². The molecule has 3 rings (SSSR count). The number of benzene rings is 1. The van der Waals surface area contributed by atoms with Crippen LogP contribution in [0.2, 0.25) is 0 Å². The molecule has 0 amide bonds. The predicted molar refractivity (Wildman–Crippen MR) is 73.6 cm³/mol. The summed E-state index contributed by atoms with van der Waals surface area (Å²) in [7, 11) is 0. The molecule has 1 aliphatic heterocycles. The van der Waals surface area contributed by atoms with Crippen molar-refractivity contribution in [2.24, 2.45) is 0 Å². The van der Waals surface area contributed by atoms with Crippen molar-refractivity contribution < 1.29 is 14.6 Å². The smallest absolute Gasteiger partial charge is 0.161 e. The van der Waals surface area contributed by atoms with Gasteiger partial charge in [-0.3, -0.25) is 0 Å². The second-order valence-electron chi connectivity index (χ2n) is 5.66. The molecule has 1 aromatic rings. The summed E-state index contributed by atoms with van der Waals surface area (Å²) in [6.45, 7) is 1.39. The van der Waals surface area contributed by atoms with Gasteiger partial charge in [-0.25, -0.2) is 0 Å². The minimum absolute atomic E-state index is 0.679. The molecule has 3 heteroatoms. The third-order valence-electron chi connectivity index (χ3n) is 4.22. The van der Waals surface area contributed by atoms with E-state index in [2.05, 4.69) is 0 Å². The van der Waals surface area contributed by atoms with Crippen molar-refractivity contribution in [2.45, 2.75) is 50.5 Å². The largest absolute Gasteiger partial charge is 0.490 e. The van der Waals surface area contributed by atoms with Crippen molar-refractivity contribution in [1.29, 1.82) is 0 Å². The summed E-state index contributed by atoms with van der Waals surface area (Å²) in [6, 6.07) is 5.92. The van der Waals surface area contributed by atoms with Crippen LogP contribution in [0.5, 0.6) is 11.5 Å². The molecule has 0 unspecified atom stereocenters. The monoisotopic (exact) mass is 262 g/mol. The number of hydrogen-bond acceptors (Lipinski definition) is 3. The Morgan fingerprint density at radius 2 is 1.53 bits per heavy atom. The highest BCUT2D eigenvalue weighted by molar-refractivity contribution is 5.45. The first kappa shape index (κ1) is 12.8. The molecule has 0 spiro atoms. The normalized spacial score (nSPS) is 22.4. The third-order valence-corrected chi connectivity index (χ3v) is 4.22. The number of hydrogen-bond donors (Lipinski definition) is 1. The lowest BCUT2D eigenvalue weighted by Crippen LogP contribution is -2.24. The van der Waals surface area contributed by atoms with Gasteiger partial charge in [0.1, 0.15) is 0 Å². The van der Waals surface area contributed by atoms with Crippen LogP contribution in [0.15, 0.2) is 18.2 Å². The predicted octanol–water partition coefficient (Wildman–Crippen LogP) is 3.39. The SMILES string of the molecule is OC1(c2ccc3c(c2)OCCCO3)CCCCCC1. The van der Waals surface area contributed by atoms with Gasteiger partial charge in [0, 0.05) is 6.42 Å². The molecule has 1 fully saturated rings. The fourth-order valence-electron chi connectivity index (χ4n) is 3.05. The standard InChI is InChI=1S/C16H22O3/c17-16(8-3-1-2-4-9-16)13-6-7-14-15(12-13)19-11-5-10-18-14/h6-7,12,17H,1-5,8-11H2. The lowest BCUT2D eigenvalue weighted by Gasteiger charge is -2.27. The molecule has 1 heterocycles. The van der Waals surface area contributed by atoms with E-state index in [0.29, 0.717) is 13.2 Å². The van der Waals surface area contributed by atoms with Gasteiger partial charge >= 0.3 is 0 Å². The molecule has 0 radical (unpaired) electrons. The fourth-order valence-corrected chi connectivity index (χ4v) is 3.05. The number of fused-ring (bicyclic) bond motifs is 1. The first-order valence-electron chi connectivity index (χ1n) is 7.40. The molecular weight excluding hydrogens is 240 g/mol. The summed E-state index contributed by atoms with van der Waals surface area (Å²) >= 11 is 0. The van der Waals surface area contributed by atoms with Gasteiger partial charge in [-0.05, 0) is 30.5 Å². The lowest BCUT2D eigenvalue weighted by atomic mass is 9.86. The molecule has 2 aliphatic rings. The van der Waals surface area contributed by atoms with E-state index < -0.39 is 5.60 Å². The maximum Gasteiger partial charge on any atom is 0.161 e. The zero-order valence-electron chi connectivity index (χ0n) is 11.4. The summed E-state index contributed by atoms with van der Waals surface area (Å²) in [5.74, 6) is 1.59. The van der Waals surface area contributed by atoms with Crippen LogP contribution in [0.4, 0.5) is 0 Å². The van der Waals surface area contributed by atoms with Crippen LogP contribution in [0.1, 0.15) is 50.5 Å². The van der Waals surface area contributed by atoms with Crippen molar-refractivity contribution in [3.05, 3.63) is 23.8 Å². The Morgan fingerprint density at radius 1 is 0.842 bits per heavy atom. The fraction of sp³-hybridized carbons (Fsp3) is 0.625. The van der Waals surface area contributed by atoms with Crippen molar-refractivity contribution in [3.8, 4) is 11.5 Å². The van der Waals surface area contributed by atoms with Crippen molar-refractivity contribution in [3.63, 3.8) is 0 Å². The average Bonchev–Trinajstić information content (AvgIpc) is 2.78. The minimum Gasteiger partial charge on any atom is -0.490 e. The second kappa shape index (κ2) is 5.41. The molecule has 0 aromatic heterocycles. The van der Waals surface area contributed by atoms with Gasteiger partial charge in [0.15, 0.2) is 11.5 Å². The molecule has 1 N–H and O–H groups in total. The first-order chi connectivity index (χ1) is 9.28. The molecule has 3 nitrogen and oxygen atoms in total. The van der Waals surface area contributed by atoms with Crippen molar-refractivity contribution in [2.75, 3.05) is 13.2 Å². The zero-order chi connectivity index (χ0) is 13.1. The lowest BCUT2D eigenvalue weighted by molar-refractivity contribution is 0.0204. The Balaban J connectivity index is 1.89. The van der Waals surface area contributed by atoms with E-state index in [1.807, 2.05) is 18.2 Å². The van der Waals surface area contributed by atoms with E-state index in [0.717, 1.165) is 49.2 Å². The number of ether oxygens (including phenoxy) is 2. The van der Waals surface area contributed by atoms with E-state index in [1.54, 1.807) is 0 Å². The molecule has 0 atom stereocenters. The Kier molecular flexibility index (Phi) is 3.65. The molecule has 104 valence electrons. The quantitative estimate of drug-likeness (QED) is 0.788. The molecule has 19 heavy (non-hydrogen) atoms. The van der Waals surface area contributed by atoms with Crippen molar-refractivity contribution >= 4 is 0 Å². The zero-order valence-corrected chi connectivity index (χ0v) is 11.4. The summed E-state index contributed by atoms with van der Waals surface area (Å²) in [5, 5.41) is 10.9. The second-order valence-corrected chi connectivity index (χ2v) is 5.66. The van der Waals surface area contributed by atoms with Gasteiger partial charge in [-0.1, -0.05) is 31.7 Å². The van der Waals surface area contributed by atoms with E-state index in [9.17, 15) is 5.11 Å². The Labute approximate surface area is 114 Å². The Bertz CT molecular complexity index is 434. The average molecular weight is 262 g/mol. The molecule has 1 aliphatic carbocycles. The highest BCUT2D eigenvalue weighted by atomic mass is 16.5. The number of rotatable bonds is 1. The van der Waals surface area contributed by atoms with Crippen LogP contribution in [0.25, 0.3) is 0 Å². The third kappa shape index (κ3) is 2.71. The Morgan fingerprint density at radius 3 is 2.26 bits per heavy atom. The number of aliphatic hydroxyl groups is 1. The van der Waals surface area contributed by atoms with Crippen LogP contribution in [-0.4, -0.2) is 18.3 Å². The minimum atomic E-state index is -0.679. The molecule has 1 aromatic carbocycles. The van der Waals surface area contributed by atoms with Crippen LogP contribution in [0, 0.1) is 0 Å². The molecule has 0 saturated heterocycles. The van der Waals surface area contributed by atoms with Crippen LogP contribution < -0.4 is 9.47 Å². The van der Waals surface area contributed by atoms with Crippen LogP contribution in [-0.2, 0) is 5.60 Å². The van der Waals surface area contributed by atoms with Gasteiger partial charge in [0.2, 0.25) is 0 Å². The molecule has 0 bridgehead atoms. The van der Waals surface area contributed by atoms with Gasteiger partial charge in [0.05, 0.1) is 18.8 Å². The van der Waals surface area contributed by atoms with Gasteiger partial charge in [0.25, 0.3) is 0 Å². The summed E-state index contributed by atoms with van der Waals surface area (Å²) in [5.41, 5.74) is 0.305. The topological polar surface area (TPSA) is 38.7 Å². The maximum absolute atomic E-state index is 10.9. The summed E-state index contributed by atoms with van der Waals surface area (Å²) in [6.07, 6.45) is 7.28. The van der Waals surface area contributed by atoms with Crippen molar-refractivity contribution in [1.82, 2.24) is 0 Å². The summed E-state index contributed by atoms with van der Waals surface area (Å²) in [4.78, 5) is 0. The van der Waals surface area contributed by atoms with Gasteiger partial charge in [-0.15, -0.1) is 0 Å². The summed E-state index contributed by atoms with van der Waals surface area (Å²) < 4.78 is 11.4. The molecule has 1 saturated carbocycles. The first-order valence-corrected chi connectivity index (χ1v) is 7.40. The van der Waals surface area contributed by atoms with E-state index in [-0.39, 0.29) is 0 Å². The van der Waals surface area contributed by atoms with Crippen LogP contribution in [0.3, 0.4) is 0 Å². The van der Waals surface area contributed by atoms with Crippen LogP contribution >= 0.6 is 0 Å². The van der Waals surface area contributed by atoms with Gasteiger partial charge in [-0.2, -0.15) is 0 Å². The highest BCUT2D eigenvalue weighted by Gasteiger charge is 2.31.